The van der Waals surface area contributed by atoms with Gasteiger partial charge in [0.15, 0.2) is 0 Å². The zero-order valence-electron chi connectivity index (χ0n) is 16.9. The van der Waals surface area contributed by atoms with Gasteiger partial charge in [0.1, 0.15) is 0 Å². The second-order valence-electron chi connectivity index (χ2n) is 8.71. The van der Waals surface area contributed by atoms with E-state index < -0.39 is 10.0 Å². The zero-order chi connectivity index (χ0) is 19.4. The lowest BCUT2D eigenvalue weighted by Gasteiger charge is -2.37. The summed E-state index contributed by atoms with van der Waals surface area (Å²) in [6, 6.07) is 0. The number of piperidine rings is 1. The molecule has 0 aromatic rings. The van der Waals surface area contributed by atoms with Crippen LogP contribution in [0.4, 0.5) is 0 Å². The second-order valence-corrected chi connectivity index (χ2v) is 10.7. The number of sulfonamides is 1. The van der Waals surface area contributed by atoms with Gasteiger partial charge in [0.25, 0.3) is 0 Å². The molecule has 2 heterocycles. The van der Waals surface area contributed by atoms with E-state index in [2.05, 4.69) is 11.0 Å². The third-order valence-electron chi connectivity index (χ3n) is 6.00. The van der Waals surface area contributed by atoms with E-state index in [0.29, 0.717) is 32.1 Å². The molecule has 3 aliphatic rings. The first-order chi connectivity index (χ1) is 12.8. The molecule has 2 aliphatic heterocycles. The number of hydrogen-bond donors (Lipinski definition) is 0. The highest BCUT2D eigenvalue weighted by molar-refractivity contribution is 7.89. The number of carbonyl (C=O) groups is 1. The molecule has 6 nitrogen and oxygen atoms in total. The van der Waals surface area contributed by atoms with Gasteiger partial charge < -0.3 is 4.90 Å². The molecule has 154 valence electrons. The number of likely N-dealkylation sites (tertiary alicyclic amines) is 1. The zero-order valence-corrected chi connectivity index (χ0v) is 17.7. The third-order valence-corrected chi connectivity index (χ3v) is 8.24. The molecular formula is C20H35N3O3S. The van der Waals surface area contributed by atoms with Gasteiger partial charge in [0.2, 0.25) is 15.9 Å². The van der Waals surface area contributed by atoms with E-state index in [0.717, 1.165) is 38.9 Å². The molecule has 7 heteroatoms. The number of nitrogens with zero attached hydrogens (tertiary/aromatic N) is 3. The molecule has 0 radical (unpaired) electrons. The second kappa shape index (κ2) is 9.05. The van der Waals surface area contributed by atoms with Crippen LogP contribution in [-0.4, -0.2) is 80.0 Å². The molecule has 0 aromatic carbocycles. The van der Waals surface area contributed by atoms with Crippen molar-refractivity contribution in [3.05, 3.63) is 11.6 Å². The summed E-state index contributed by atoms with van der Waals surface area (Å²) in [5.74, 6) is 1.22. The van der Waals surface area contributed by atoms with Gasteiger partial charge >= 0.3 is 0 Å². The van der Waals surface area contributed by atoms with E-state index >= 15 is 0 Å². The largest absolute Gasteiger partial charge is 0.338 e. The fourth-order valence-corrected chi connectivity index (χ4v) is 6.37. The van der Waals surface area contributed by atoms with Gasteiger partial charge in [0.05, 0.1) is 12.3 Å². The summed E-state index contributed by atoms with van der Waals surface area (Å²) in [5.41, 5.74) is 1.46. The van der Waals surface area contributed by atoms with Crippen molar-refractivity contribution in [2.45, 2.75) is 46.0 Å². The van der Waals surface area contributed by atoms with Crippen LogP contribution in [0.5, 0.6) is 0 Å². The maximum absolute atomic E-state index is 12.8. The third kappa shape index (κ3) is 5.55. The molecule has 1 amide bonds. The summed E-state index contributed by atoms with van der Waals surface area (Å²) in [5, 5.41) is 0. The maximum Gasteiger partial charge on any atom is 0.237 e. The van der Waals surface area contributed by atoms with Crippen LogP contribution in [0.15, 0.2) is 11.6 Å². The lowest BCUT2D eigenvalue weighted by Crippen LogP contribution is -2.46. The molecule has 3 rings (SSSR count). The molecule has 1 atom stereocenters. The van der Waals surface area contributed by atoms with Crippen LogP contribution in [0, 0.1) is 11.8 Å². The quantitative estimate of drug-likeness (QED) is 0.665. The Balaban J connectivity index is 1.51. The van der Waals surface area contributed by atoms with E-state index in [1.165, 1.54) is 18.4 Å². The Kier molecular flexibility index (Phi) is 6.98. The molecule has 1 aliphatic carbocycles. The number of allylic oxidation sites excluding steroid dienone is 1. The van der Waals surface area contributed by atoms with Crippen LogP contribution in [0.25, 0.3) is 0 Å². The molecule has 1 unspecified atom stereocenters. The highest BCUT2D eigenvalue weighted by Gasteiger charge is 2.30. The Bertz CT molecular complexity index is 659. The van der Waals surface area contributed by atoms with Gasteiger partial charge in [-0.3, -0.25) is 9.69 Å². The Morgan fingerprint density at radius 3 is 2.70 bits per heavy atom. The Morgan fingerprint density at radius 2 is 1.93 bits per heavy atom. The van der Waals surface area contributed by atoms with E-state index in [4.69, 9.17) is 0 Å². The highest BCUT2D eigenvalue weighted by atomic mass is 32.2. The maximum atomic E-state index is 12.8. The highest BCUT2D eigenvalue weighted by Crippen LogP contribution is 2.31. The number of rotatable bonds is 5. The van der Waals surface area contributed by atoms with E-state index in [-0.39, 0.29) is 17.6 Å². The van der Waals surface area contributed by atoms with Crippen LogP contribution in [0.1, 0.15) is 46.0 Å². The summed E-state index contributed by atoms with van der Waals surface area (Å²) in [6.45, 7) is 8.44. The van der Waals surface area contributed by atoms with Crippen molar-refractivity contribution in [2.75, 3.05) is 51.6 Å². The van der Waals surface area contributed by atoms with Crippen LogP contribution < -0.4 is 0 Å². The Labute approximate surface area is 164 Å². The normalized spacial score (nSPS) is 25.8. The van der Waals surface area contributed by atoms with Gasteiger partial charge in [-0.05, 0) is 50.5 Å². The van der Waals surface area contributed by atoms with Crippen LogP contribution >= 0.6 is 0 Å². The first kappa shape index (κ1) is 20.8. The molecule has 0 spiro atoms. The van der Waals surface area contributed by atoms with Crippen molar-refractivity contribution in [3.8, 4) is 0 Å². The monoisotopic (exact) mass is 397 g/mol. The van der Waals surface area contributed by atoms with Gasteiger partial charge in [-0.1, -0.05) is 25.5 Å². The van der Waals surface area contributed by atoms with Gasteiger partial charge in [-0.15, -0.1) is 0 Å². The molecule has 0 N–H and O–H groups in total. The van der Waals surface area contributed by atoms with E-state index in [1.807, 2.05) is 18.7 Å². The molecule has 0 aromatic heterocycles. The van der Waals surface area contributed by atoms with Crippen LogP contribution in [0.3, 0.4) is 0 Å². The van der Waals surface area contributed by atoms with Crippen molar-refractivity contribution in [3.63, 3.8) is 0 Å². The predicted octanol–water partition coefficient (Wildman–Crippen LogP) is 1.94. The van der Waals surface area contributed by atoms with Crippen molar-refractivity contribution < 1.29 is 13.2 Å². The molecule has 27 heavy (non-hydrogen) atoms. The Morgan fingerprint density at radius 1 is 1.11 bits per heavy atom. The fraction of sp³-hybridized carbons (Fsp3) is 0.850. The molecule has 0 bridgehead atoms. The smallest absolute Gasteiger partial charge is 0.237 e. The van der Waals surface area contributed by atoms with Crippen LogP contribution in [-0.2, 0) is 14.8 Å². The van der Waals surface area contributed by atoms with Crippen molar-refractivity contribution in [2.24, 2.45) is 11.8 Å². The summed E-state index contributed by atoms with van der Waals surface area (Å²) in [4.78, 5) is 16.9. The molecular weight excluding hydrogens is 362 g/mol. The minimum Gasteiger partial charge on any atom is -0.338 e. The summed E-state index contributed by atoms with van der Waals surface area (Å²) in [7, 11) is -3.19. The number of fused-ring (bicyclic) bond motifs is 1. The SMILES string of the molecule is CC(C)CS(=O)(=O)N1CCCN(CC(=O)N2CCC3CCCC=C3C2)CC1. The van der Waals surface area contributed by atoms with Crippen molar-refractivity contribution >= 4 is 15.9 Å². The minimum atomic E-state index is -3.19. The first-order valence-electron chi connectivity index (χ1n) is 10.5. The molecule has 2 fully saturated rings. The lowest BCUT2D eigenvalue weighted by atomic mass is 9.82. The average molecular weight is 398 g/mol. The topological polar surface area (TPSA) is 60.9 Å². The summed E-state index contributed by atoms with van der Waals surface area (Å²) < 4.78 is 26.6. The van der Waals surface area contributed by atoms with Crippen LogP contribution in [0.2, 0.25) is 0 Å². The van der Waals surface area contributed by atoms with Crippen molar-refractivity contribution in [1.82, 2.24) is 14.1 Å². The standard InChI is InChI=1S/C20H35N3O3S/c1-17(2)16-27(25,26)23-10-5-9-21(12-13-23)15-20(24)22-11-8-18-6-3-4-7-19(18)14-22/h7,17-18H,3-6,8-16H2,1-2H3. The summed E-state index contributed by atoms with van der Waals surface area (Å²) in [6.07, 6.45) is 7.95. The van der Waals surface area contributed by atoms with Gasteiger partial charge in [-0.2, -0.15) is 0 Å². The van der Waals surface area contributed by atoms with Gasteiger partial charge in [0, 0.05) is 32.7 Å². The fourth-order valence-electron chi connectivity index (χ4n) is 4.55. The van der Waals surface area contributed by atoms with Crippen molar-refractivity contribution in [1.29, 1.82) is 0 Å². The van der Waals surface area contributed by atoms with Gasteiger partial charge in [-0.25, -0.2) is 12.7 Å². The molecule has 2 saturated heterocycles. The van der Waals surface area contributed by atoms with E-state index in [1.54, 1.807) is 4.31 Å². The predicted molar refractivity (Wildman–Crippen MR) is 108 cm³/mol. The molecule has 0 saturated carbocycles. The Hall–Kier alpha value is -0.920. The average Bonchev–Trinajstić information content (AvgIpc) is 2.86. The van der Waals surface area contributed by atoms with E-state index in [9.17, 15) is 13.2 Å². The lowest BCUT2D eigenvalue weighted by molar-refractivity contribution is -0.132. The number of carbonyl (C=O) groups excluding carboxylic acids is 1. The number of amides is 1. The number of hydrogen-bond acceptors (Lipinski definition) is 4. The summed E-state index contributed by atoms with van der Waals surface area (Å²) >= 11 is 0. The first-order valence-corrected chi connectivity index (χ1v) is 12.1. The minimum absolute atomic E-state index is 0.132.